The lowest BCUT2D eigenvalue weighted by Gasteiger charge is -2.22. The van der Waals surface area contributed by atoms with Gasteiger partial charge in [-0.2, -0.15) is 9.78 Å². The summed E-state index contributed by atoms with van der Waals surface area (Å²) >= 11 is 0. The molecule has 98 valence electrons. The van der Waals surface area contributed by atoms with Gasteiger partial charge in [-0.3, -0.25) is 4.90 Å². The first-order chi connectivity index (χ1) is 9.86. The van der Waals surface area contributed by atoms with E-state index in [-0.39, 0.29) is 6.03 Å². The van der Waals surface area contributed by atoms with Gasteiger partial charge in [0.05, 0.1) is 11.4 Å². The highest BCUT2D eigenvalue weighted by Gasteiger charge is 2.19. The number of hydrogen-bond acceptors (Lipinski definition) is 3. The van der Waals surface area contributed by atoms with Crippen molar-refractivity contribution in [2.75, 3.05) is 4.90 Å². The summed E-state index contributed by atoms with van der Waals surface area (Å²) < 4.78 is 1.21. The Balaban J connectivity index is 2.07. The van der Waals surface area contributed by atoms with Crippen LogP contribution in [0.15, 0.2) is 73.3 Å². The Kier molecular flexibility index (Phi) is 3.24. The SMILES string of the molecule is O=C(N(c1ccccc1)c1ccccc1)n1cncn1. The van der Waals surface area contributed by atoms with Crippen LogP contribution in [-0.4, -0.2) is 20.8 Å². The molecule has 5 heteroatoms. The molecular formula is C15H12N4O. The number of benzene rings is 2. The molecule has 0 saturated heterocycles. The van der Waals surface area contributed by atoms with E-state index in [1.54, 1.807) is 4.90 Å². The molecule has 0 fully saturated rings. The number of carbonyl (C=O) groups excluding carboxylic acids is 1. The molecule has 0 bridgehead atoms. The number of aromatic nitrogens is 3. The lowest BCUT2D eigenvalue weighted by molar-refractivity contribution is 0.247. The number of amides is 1. The fraction of sp³-hybridized carbons (Fsp3) is 0. The predicted octanol–water partition coefficient (Wildman–Crippen LogP) is 3.08. The zero-order chi connectivity index (χ0) is 13.8. The first-order valence-electron chi connectivity index (χ1n) is 6.15. The van der Waals surface area contributed by atoms with Crippen LogP contribution in [0.3, 0.4) is 0 Å². The second kappa shape index (κ2) is 5.36. The van der Waals surface area contributed by atoms with E-state index < -0.39 is 0 Å². The molecule has 5 nitrogen and oxygen atoms in total. The fourth-order valence-corrected chi connectivity index (χ4v) is 1.93. The molecule has 0 aliphatic rings. The normalized spacial score (nSPS) is 10.2. The molecule has 3 aromatic rings. The third-order valence-electron chi connectivity index (χ3n) is 2.83. The Labute approximate surface area is 116 Å². The van der Waals surface area contributed by atoms with Gasteiger partial charge in [0.25, 0.3) is 0 Å². The molecule has 0 aliphatic carbocycles. The molecule has 0 N–H and O–H groups in total. The van der Waals surface area contributed by atoms with Gasteiger partial charge in [-0.1, -0.05) is 36.4 Å². The van der Waals surface area contributed by atoms with Crippen LogP contribution in [0.25, 0.3) is 0 Å². The molecule has 0 radical (unpaired) electrons. The van der Waals surface area contributed by atoms with Crippen LogP contribution in [0.5, 0.6) is 0 Å². The Hall–Kier alpha value is -2.95. The van der Waals surface area contributed by atoms with E-state index in [2.05, 4.69) is 10.1 Å². The van der Waals surface area contributed by atoms with Gasteiger partial charge in [0.2, 0.25) is 0 Å². The van der Waals surface area contributed by atoms with Crippen molar-refractivity contribution in [3.05, 3.63) is 73.3 Å². The van der Waals surface area contributed by atoms with E-state index in [0.29, 0.717) is 0 Å². The highest BCUT2D eigenvalue weighted by atomic mass is 16.2. The van der Waals surface area contributed by atoms with Gasteiger partial charge in [-0.15, -0.1) is 0 Å². The number of carbonyl (C=O) groups is 1. The van der Waals surface area contributed by atoms with Gasteiger partial charge < -0.3 is 0 Å². The first-order valence-corrected chi connectivity index (χ1v) is 6.15. The van der Waals surface area contributed by atoms with Crippen LogP contribution in [0.1, 0.15) is 0 Å². The molecule has 0 aliphatic heterocycles. The van der Waals surface area contributed by atoms with Crippen molar-refractivity contribution >= 4 is 17.4 Å². The van der Waals surface area contributed by atoms with E-state index in [4.69, 9.17) is 0 Å². The number of anilines is 2. The Morgan fingerprint density at radius 3 is 1.90 bits per heavy atom. The summed E-state index contributed by atoms with van der Waals surface area (Å²) in [5.74, 6) is 0. The number of hydrogen-bond donors (Lipinski definition) is 0. The van der Waals surface area contributed by atoms with Crippen LogP contribution in [0, 0.1) is 0 Å². The number of para-hydroxylation sites is 2. The summed E-state index contributed by atoms with van der Waals surface area (Å²) in [6.07, 6.45) is 2.73. The molecule has 0 saturated carbocycles. The van der Waals surface area contributed by atoms with E-state index in [1.807, 2.05) is 60.7 Å². The minimum atomic E-state index is -0.278. The quantitative estimate of drug-likeness (QED) is 0.714. The lowest BCUT2D eigenvalue weighted by Crippen LogP contribution is -2.30. The maximum Gasteiger partial charge on any atom is 0.355 e. The lowest BCUT2D eigenvalue weighted by atomic mass is 10.2. The standard InChI is InChI=1S/C15H12N4O/c20-15(18-12-16-11-17-18)19(13-7-3-1-4-8-13)14-9-5-2-6-10-14/h1-12H. The van der Waals surface area contributed by atoms with Crippen LogP contribution >= 0.6 is 0 Å². The van der Waals surface area contributed by atoms with Crippen LogP contribution in [0.2, 0.25) is 0 Å². The van der Waals surface area contributed by atoms with Crippen molar-refractivity contribution in [2.24, 2.45) is 0 Å². The Morgan fingerprint density at radius 2 is 1.45 bits per heavy atom. The molecule has 20 heavy (non-hydrogen) atoms. The fourth-order valence-electron chi connectivity index (χ4n) is 1.93. The predicted molar refractivity (Wildman–Crippen MR) is 75.8 cm³/mol. The zero-order valence-corrected chi connectivity index (χ0v) is 10.6. The summed E-state index contributed by atoms with van der Waals surface area (Å²) in [5.41, 5.74) is 1.55. The molecule has 0 unspecified atom stereocenters. The average molecular weight is 264 g/mol. The maximum absolute atomic E-state index is 12.6. The molecule has 0 spiro atoms. The molecule has 1 aromatic heterocycles. The molecule has 3 rings (SSSR count). The first kappa shape index (κ1) is 12.1. The molecule has 2 aromatic carbocycles. The summed E-state index contributed by atoms with van der Waals surface area (Å²) in [6, 6.07) is 18.6. The minimum Gasteiger partial charge on any atom is -0.261 e. The van der Waals surface area contributed by atoms with Crippen LogP contribution < -0.4 is 4.90 Å². The van der Waals surface area contributed by atoms with Gasteiger partial charge in [0.1, 0.15) is 12.7 Å². The molecular weight excluding hydrogens is 252 g/mol. The van der Waals surface area contributed by atoms with Gasteiger partial charge in [0, 0.05) is 0 Å². The van der Waals surface area contributed by atoms with Crippen molar-refractivity contribution in [1.82, 2.24) is 14.8 Å². The highest BCUT2D eigenvalue weighted by molar-refractivity contribution is 6.00. The average Bonchev–Trinajstić information content (AvgIpc) is 3.04. The van der Waals surface area contributed by atoms with Crippen molar-refractivity contribution < 1.29 is 4.79 Å². The van der Waals surface area contributed by atoms with E-state index in [9.17, 15) is 4.79 Å². The van der Waals surface area contributed by atoms with Crippen molar-refractivity contribution in [2.45, 2.75) is 0 Å². The van der Waals surface area contributed by atoms with E-state index >= 15 is 0 Å². The van der Waals surface area contributed by atoms with Gasteiger partial charge in [-0.25, -0.2) is 9.78 Å². The molecule has 0 atom stereocenters. The number of nitrogens with zero attached hydrogens (tertiary/aromatic N) is 4. The number of rotatable bonds is 2. The molecule has 1 heterocycles. The largest absolute Gasteiger partial charge is 0.355 e. The maximum atomic E-state index is 12.6. The summed E-state index contributed by atoms with van der Waals surface area (Å²) in [4.78, 5) is 18.0. The van der Waals surface area contributed by atoms with Gasteiger partial charge >= 0.3 is 6.03 Å². The highest BCUT2D eigenvalue weighted by Crippen LogP contribution is 2.25. The smallest absolute Gasteiger partial charge is 0.261 e. The second-order valence-corrected chi connectivity index (χ2v) is 4.13. The summed E-state index contributed by atoms with van der Waals surface area (Å²) in [7, 11) is 0. The Bertz CT molecular complexity index is 641. The topological polar surface area (TPSA) is 51.0 Å². The van der Waals surface area contributed by atoms with Crippen molar-refractivity contribution in [3.63, 3.8) is 0 Å². The van der Waals surface area contributed by atoms with E-state index in [0.717, 1.165) is 11.4 Å². The van der Waals surface area contributed by atoms with Gasteiger partial charge in [-0.05, 0) is 24.3 Å². The summed E-state index contributed by atoms with van der Waals surface area (Å²) in [5, 5.41) is 3.90. The second-order valence-electron chi connectivity index (χ2n) is 4.13. The van der Waals surface area contributed by atoms with Crippen molar-refractivity contribution in [3.8, 4) is 0 Å². The van der Waals surface area contributed by atoms with Crippen LogP contribution in [-0.2, 0) is 0 Å². The summed E-state index contributed by atoms with van der Waals surface area (Å²) in [6.45, 7) is 0. The third kappa shape index (κ3) is 2.29. The monoisotopic (exact) mass is 264 g/mol. The van der Waals surface area contributed by atoms with Crippen molar-refractivity contribution in [1.29, 1.82) is 0 Å². The van der Waals surface area contributed by atoms with Crippen LogP contribution in [0.4, 0.5) is 16.2 Å². The van der Waals surface area contributed by atoms with Gasteiger partial charge in [0.15, 0.2) is 0 Å². The zero-order valence-electron chi connectivity index (χ0n) is 10.6. The minimum absolute atomic E-state index is 0.278. The Morgan fingerprint density at radius 1 is 0.900 bits per heavy atom. The molecule has 1 amide bonds. The van der Waals surface area contributed by atoms with E-state index in [1.165, 1.54) is 17.3 Å². The third-order valence-corrected chi connectivity index (χ3v) is 2.83.